The number of ether oxygens (including phenoxy) is 2. The highest BCUT2D eigenvalue weighted by Crippen LogP contribution is 2.12. The molecule has 5 heteroatoms. The van der Waals surface area contributed by atoms with Crippen molar-refractivity contribution in [2.24, 2.45) is 0 Å². The lowest BCUT2D eigenvalue weighted by Gasteiger charge is -2.12. The van der Waals surface area contributed by atoms with Crippen molar-refractivity contribution in [3.05, 3.63) is 29.8 Å². The van der Waals surface area contributed by atoms with Crippen molar-refractivity contribution >= 4 is 23.0 Å². The number of anilines is 1. The van der Waals surface area contributed by atoms with Crippen LogP contribution in [0.15, 0.2) is 24.3 Å². The van der Waals surface area contributed by atoms with Crippen LogP contribution >= 0.6 is 12.2 Å². The smallest absolute Gasteiger partial charge is 0.170 e. The highest BCUT2D eigenvalue weighted by molar-refractivity contribution is 7.80. The Morgan fingerprint density at radius 1 is 1.36 bits per heavy atom. The predicted molar refractivity (Wildman–Crippen MR) is 94.5 cm³/mol. The van der Waals surface area contributed by atoms with Crippen LogP contribution in [0.25, 0.3) is 0 Å². The van der Waals surface area contributed by atoms with Crippen LogP contribution in [0.2, 0.25) is 0 Å². The molecule has 0 aliphatic carbocycles. The molecule has 0 saturated carbocycles. The van der Waals surface area contributed by atoms with Crippen LogP contribution < -0.4 is 10.6 Å². The lowest BCUT2D eigenvalue weighted by atomic mass is 10.1. The summed E-state index contributed by atoms with van der Waals surface area (Å²) in [4.78, 5) is 0. The van der Waals surface area contributed by atoms with Gasteiger partial charge in [0.1, 0.15) is 0 Å². The normalized spacial score (nSPS) is 17.4. The number of nitrogens with one attached hydrogen (secondary N) is 2. The third-order valence-corrected chi connectivity index (χ3v) is 3.95. The monoisotopic (exact) mass is 322 g/mol. The molecule has 1 aromatic carbocycles. The van der Waals surface area contributed by atoms with Crippen molar-refractivity contribution in [2.45, 2.75) is 38.7 Å². The van der Waals surface area contributed by atoms with Gasteiger partial charge in [0, 0.05) is 25.4 Å². The van der Waals surface area contributed by atoms with Gasteiger partial charge in [-0.25, -0.2) is 0 Å². The van der Waals surface area contributed by atoms with Gasteiger partial charge in [0.05, 0.1) is 12.7 Å². The van der Waals surface area contributed by atoms with Gasteiger partial charge >= 0.3 is 0 Å². The molecule has 1 fully saturated rings. The lowest BCUT2D eigenvalue weighted by molar-refractivity contribution is 0.0168. The first kappa shape index (κ1) is 17.2. The quantitative estimate of drug-likeness (QED) is 0.568. The highest BCUT2D eigenvalue weighted by atomic mass is 32.1. The van der Waals surface area contributed by atoms with Gasteiger partial charge in [-0.15, -0.1) is 0 Å². The standard InChI is InChI=1S/C17H26N2O2S/c1-2-14-6-8-15(9-7-14)19-17(22)18-10-4-11-20-13-16-5-3-12-21-16/h6-9,16H,2-5,10-13H2,1H3,(H2,18,19,22)/t16-/m1/s1. The Kier molecular flexibility index (Phi) is 7.63. The summed E-state index contributed by atoms with van der Waals surface area (Å²) in [7, 11) is 0. The SMILES string of the molecule is CCc1ccc(NC(=S)NCCCOC[C@H]2CCCO2)cc1. The molecule has 0 aromatic heterocycles. The van der Waals surface area contributed by atoms with Gasteiger partial charge in [0.2, 0.25) is 0 Å². The van der Waals surface area contributed by atoms with Gasteiger partial charge in [-0.1, -0.05) is 19.1 Å². The van der Waals surface area contributed by atoms with Gasteiger partial charge in [-0.2, -0.15) is 0 Å². The first-order chi connectivity index (χ1) is 10.8. The number of aryl methyl sites for hydroxylation is 1. The van der Waals surface area contributed by atoms with E-state index in [0.29, 0.717) is 17.8 Å². The van der Waals surface area contributed by atoms with E-state index >= 15 is 0 Å². The summed E-state index contributed by atoms with van der Waals surface area (Å²) in [6.07, 6.45) is 4.58. The number of rotatable bonds is 8. The fourth-order valence-electron chi connectivity index (χ4n) is 2.37. The van der Waals surface area contributed by atoms with Gasteiger partial charge < -0.3 is 20.1 Å². The van der Waals surface area contributed by atoms with Crippen molar-refractivity contribution in [1.82, 2.24) is 5.32 Å². The zero-order valence-electron chi connectivity index (χ0n) is 13.3. The van der Waals surface area contributed by atoms with E-state index in [-0.39, 0.29) is 0 Å². The molecule has 1 saturated heterocycles. The van der Waals surface area contributed by atoms with E-state index in [4.69, 9.17) is 21.7 Å². The molecule has 0 radical (unpaired) electrons. The van der Waals surface area contributed by atoms with Gasteiger partial charge in [-0.05, 0) is 55.6 Å². The van der Waals surface area contributed by atoms with Crippen LogP contribution in [0.3, 0.4) is 0 Å². The van der Waals surface area contributed by atoms with Crippen molar-refractivity contribution in [3.63, 3.8) is 0 Å². The Balaban J connectivity index is 1.51. The first-order valence-electron chi connectivity index (χ1n) is 8.11. The number of benzene rings is 1. The molecule has 1 aromatic rings. The zero-order chi connectivity index (χ0) is 15.6. The highest BCUT2D eigenvalue weighted by Gasteiger charge is 2.14. The van der Waals surface area contributed by atoms with Crippen LogP contribution in [0.4, 0.5) is 5.69 Å². The molecule has 122 valence electrons. The topological polar surface area (TPSA) is 42.5 Å². The molecule has 0 amide bonds. The molecule has 0 unspecified atom stereocenters. The Labute approximate surface area is 138 Å². The number of hydrogen-bond donors (Lipinski definition) is 2. The molecule has 1 aliphatic rings. The summed E-state index contributed by atoms with van der Waals surface area (Å²) in [5, 5.41) is 7.04. The lowest BCUT2D eigenvalue weighted by Crippen LogP contribution is -2.30. The molecular weight excluding hydrogens is 296 g/mol. The minimum absolute atomic E-state index is 0.307. The van der Waals surface area contributed by atoms with Crippen LogP contribution in [-0.4, -0.2) is 37.6 Å². The van der Waals surface area contributed by atoms with Crippen molar-refractivity contribution in [2.75, 3.05) is 31.7 Å². The predicted octanol–water partition coefficient (Wildman–Crippen LogP) is 3.12. The largest absolute Gasteiger partial charge is 0.379 e. The summed E-state index contributed by atoms with van der Waals surface area (Å²) in [5.41, 5.74) is 2.34. The molecule has 2 rings (SSSR count). The zero-order valence-corrected chi connectivity index (χ0v) is 14.1. The Hall–Kier alpha value is -1.17. The molecule has 1 aliphatic heterocycles. The molecule has 22 heavy (non-hydrogen) atoms. The second kappa shape index (κ2) is 9.77. The summed E-state index contributed by atoms with van der Waals surface area (Å²) in [6.45, 7) is 5.29. The van der Waals surface area contributed by atoms with Gasteiger partial charge in [0.25, 0.3) is 0 Å². The molecule has 0 spiro atoms. The second-order valence-electron chi connectivity index (χ2n) is 5.49. The molecule has 0 bridgehead atoms. The van der Waals surface area contributed by atoms with E-state index in [0.717, 1.165) is 51.1 Å². The van der Waals surface area contributed by atoms with E-state index in [9.17, 15) is 0 Å². The third kappa shape index (κ3) is 6.30. The number of hydrogen-bond acceptors (Lipinski definition) is 3. The molecule has 4 nitrogen and oxygen atoms in total. The summed E-state index contributed by atoms with van der Waals surface area (Å²) in [6, 6.07) is 8.34. The first-order valence-corrected chi connectivity index (χ1v) is 8.52. The van der Waals surface area contributed by atoms with Crippen LogP contribution in [0, 0.1) is 0 Å². The molecule has 1 atom stereocenters. The van der Waals surface area contributed by atoms with E-state index in [1.165, 1.54) is 5.56 Å². The van der Waals surface area contributed by atoms with Crippen molar-refractivity contribution < 1.29 is 9.47 Å². The summed E-state index contributed by atoms with van der Waals surface area (Å²) in [5.74, 6) is 0. The minimum Gasteiger partial charge on any atom is -0.379 e. The summed E-state index contributed by atoms with van der Waals surface area (Å²) < 4.78 is 11.1. The average Bonchev–Trinajstić information content (AvgIpc) is 3.05. The third-order valence-electron chi connectivity index (χ3n) is 3.70. The molecule has 2 N–H and O–H groups in total. The van der Waals surface area contributed by atoms with E-state index in [1.807, 2.05) is 0 Å². The van der Waals surface area contributed by atoms with Crippen LogP contribution in [-0.2, 0) is 15.9 Å². The van der Waals surface area contributed by atoms with E-state index in [2.05, 4.69) is 41.8 Å². The van der Waals surface area contributed by atoms with E-state index < -0.39 is 0 Å². The maximum atomic E-state index is 5.61. The average molecular weight is 322 g/mol. The molecule has 1 heterocycles. The summed E-state index contributed by atoms with van der Waals surface area (Å²) >= 11 is 5.28. The number of thiocarbonyl (C=S) groups is 1. The van der Waals surface area contributed by atoms with Crippen molar-refractivity contribution in [3.8, 4) is 0 Å². The maximum absolute atomic E-state index is 5.61. The maximum Gasteiger partial charge on any atom is 0.170 e. The molecular formula is C17H26N2O2S. The van der Waals surface area contributed by atoms with Gasteiger partial charge in [0.15, 0.2) is 5.11 Å². The van der Waals surface area contributed by atoms with Crippen LogP contribution in [0.5, 0.6) is 0 Å². The van der Waals surface area contributed by atoms with Crippen LogP contribution in [0.1, 0.15) is 31.7 Å². The fraction of sp³-hybridized carbons (Fsp3) is 0.588. The Morgan fingerprint density at radius 3 is 2.86 bits per heavy atom. The van der Waals surface area contributed by atoms with E-state index in [1.54, 1.807) is 0 Å². The minimum atomic E-state index is 0.307. The van der Waals surface area contributed by atoms with Gasteiger partial charge in [-0.3, -0.25) is 0 Å². The Bertz CT molecular complexity index is 444. The Morgan fingerprint density at radius 2 is 2.18 bits per heavy atom. The van der Waals surface area contributed by atoms with Crippen molar-refractivity contribution in [1.29, 1.82) is 0 Å². The second-order valence-corrected chi connectivity index (χ2v) is 5.90. The fourth-order valence-corrected chi connectivity index (χ4v) is 2.59.